The first kappa shape index (κ1) is 10.0. The Morgan fingerprint density at radius 1 is 1.29 bits per heavy atom. The number of aromatic nitrogens is 2. The third-order valence-corrected chi connectivity index (χ3v) is 3.61. The normalized spacial score (nSPS) is 12.7. The van der Waals surface area contributed by atoms with Gasteiger partial charge in [-0.25, -0.2) is 9.97 Å². The minimum absolute atomic E-state index is 0.615. The molecule has 2 aromatic heterocycles. The zero-order valence-electron chi connectivity index (χ0n) is 7.09. The van der Waals surface area contributed by atoms with Crippen molar-refractivity contribution in [2.45, 2.75) is 6.10 Å². The van der Waals surface area contributed by atoms with Crippen LogP contribution in [0.1, 0.15) is 17.2 Å². The van der Waals surface area contributed by atoms with Crippen LogP contribution < -0.4 is 0 Å². The van der Waals surface area contributed by atoms with Gasteiger partial charge in [-0.15, -0.1) is 11.3 Å². The molecule has 0 aliphatic heterocycles. The highest BCUT2D eigenvalue weighted by Crippen LogP contribution is 2.26. The maximum atomic E-state index is 9.93. The highest BCUT2D eigenvalue weighted by molar-refractivity contribution is 14.1. The zero-order valence-corrected chi connectivity index (χ0v) is 10.1. The summed E-state index contributed by atoms with van der Waals surface area (Å²) < 4.78 is 1.16. The quantitative estimate of drug-likeness (QED) is 0.864. The summed E-state index contributed by atoms with van der Waals surface area (Å²) in [7, 11) is 0. The van der Waals surface area contributed by atoms with Crippen LogP contribution in [0, 0.1) is 2.88 Å². The maximum absolute atomic E-state index is 9.93. The molecule has 1 atom stereocenters. The van der Waals surface area contributed by atoms with Gasteiger partial charge in [-0.2, -0.15) is 0 Å². The Balaban J connectivity index is 2.29. The van der Waals surface area contributed by atoms with Crippen LogP contribution in [0.3, 0.4) is 0 Å². The van der Waals surface area contributed by atoms with Crippen LogP contribution in [0.2, 0.25) is 0 Å². The average Bonchev–Trinajstić information content (AvgIpc) is 2.65. The molecule has 2 aromatic rings. The van der Waals surface area contributed by atoms with E-state index in [1.807, 2.05) is 11.4 Å². The number of hydrogen-bond donors (Lipinski definition) is 1. The third kappa shape index (κ3) is 2.10. The monoisotopic (exact) mass is 318 g/mol. The van der Waals surface area contributed by atoms with Gasteiger partial charge in [-0.3, -0.25) is 0 Å². The van der Waals surface area contributed by atoms with E-state index < -0.39 is 6.10 Å². The lowest BCUT2D eigenvalue weighted by Gasteiger charge is -2.06. The molecule has 2 heterocycles. The highest BCUT2D eigenvalue weighted by Gasteiger charge is 2.11. The van der Waals surface area contributed by atoms with E-state index in [9.17, 15) is 5.11 Å². The molecule has 3 nitrogen and oxygen atoms in total. The molecule has 0 aliphatic carbocycles. The molecule has 0 radical (unpaired) electrons. The first-order valence-electron chi connectivity index (χ1n) is 3.94. The first-order valence-corrected chi connectivity index (χ1v) is 5.90. The molecule has 0 saturated heterocycles. The van der Waals surface area contributed by atoms with Gasteiger partial charge in [0, 0.05) is 18.0 Å². The van der Waals surface area contributed by atoms with Crippen molar-refractivity contribution in [3.8, 4) is 0 Å². The topological polar surface area (TPSA) is 46.0 Å². The number of hydrogen-bond acceptors (Lipinski definition) is 4. The van der Waals surface area contributed by atoms with Gasteiger partial charge in [0.05, 0.1) is 2.88 Å². The van der Waals surface area contributed by atoms with Crippen molar-refractivity contribution in [3.63, 3.8) is 0 Å². The Hall–Kier alpha value is -0.530. The molecular weight excluding hydrogens is 311 g/mol. The Morgan fingerprint density at radius 3 is 2.57 bits per heavy atom. The minimum atomic E-state index is -0.615. The predicted molar refractivity (Wildman–Crippen MR) is 63.1 cm³/mol. The first-order chi connectivity index (χ1) is 6.77. The highest BCUT2D eigenvalue weighted by atomic mass is 127. The number of thiophene rings is 1. The summed E-state index contributed by atoms with van der Waals surface area (Å²) in [5, 5.41) is 11.9. The fraction of sp³-hybridized carbons (Fsp3) is 0.111. The van der Waals surface area contributed by atoms with Crippen LogP contribution in [-0.2, 0) is 0 Å². The van der Waals surface area contributed by atoms with Gasteiger partial charge in [-0.1, -0.05) is 0 Å². The molecule has 5 heteroatoms. The van der Waals surface area contributed by atoms with E-state index in [4.69, 9.17) is 0 Å². The van der Waals surface area contributed by atoms with Crippen molar-refractivity contribution >= 4 is 33.9 Å². The second-order valence-electron chi connectivity index (χ2n) is 2.76. The molecule has 0 spiro atoms. The van der Waals surface area contributed by atoms with Crippen LogP contribution in [0.4, 0.5) is 0 Å². The number of aliphatic hydroxyl groups is 1. The van der Waals surface area contributed by atoms with Crippen LogP contribution >= 0.6 is 33.9 Å². The lowest BCUT2D eigenvalue weighted by atomic mass is 10.1. The Bertz CT molecular complexity index is 418. The molecular formula is C9H7IN2OS. The largest absolute Gasteiger partial charge is 0.384 e. The summed E-state index contributed by atoms with van der Waals surface area (Å²) in [5.41, 5.74) is 1.62. The molecule has 2 rings (SSSR count). The number of aliphatic hydroxyl groups excluding tert-OH is 1. The van der Waals surface area contributed by atoms with Crippen molar-refractivity contribution < 1.29 is 5.11 Å². The van der Waals surface area contributed by atoms with Crippen LogP contribution in [0.5, 0.6) is 0 Å². The van der Waals surface area contributed by atoms with E-state index in [2.05, 4.69) is 32.6 Å². The molecule has 0 fully saturated rings. The third-order valence-electron chi connectivity index (χ3n) is 1.80. The predicted octanol–water partition coefficient (Wildman–Crippen LogP) is 2.22. The van der Waals surface area contributed by atoms with E-state index in [0.29, 0.717) is 0 Å². The molecule has 14 heavy (non-hydrogen) atoms. The van der Waals surface area contributed by atoms with Gasteiger partial charge in [-0.05, 0) is 39.6 Å². The molecule has 1 unspecified atom stereocenters. The molecule has 72 valence electrons. The summed E-state index contributed by atoms with van der Waals surface area (Å²) in [5.74, 6) is 0. The van der Waals surface area contributed by atoms with Crippen molar-refractivity contribution in [1.29, 1.82) is 0 Å². The molecule has 0 aliphatic rings. The zero-order chi connectivity index (χ0) is 9.97. The van der Waals surface area contributed by atoms with E-state index >= 15 is 0 Å². The molecule has 0 saturated carbocycles. The lowest BCUT2D eigenvalue weighted by Crippen LogP contribution is -1.98. The van der Waals surface area contributed by atoms with Crippen molar-refractivity contribution in [3.05, 3.63) is 44.2 Å². The molecule has 1 N–H and O–H groups in total. The van der Waals surface area contributed by atoms with Gasteiger partial charge < -0.3 is 5.11 Å². The van der Waals surface area contributed by atoms with Gasteiger partial charge in [0.1, 0.15) is 12.4 Å². The maximum Gasteiger partial charge on any atom is 0.115 e. The van der Waals surface area contributed by atoms with E-state index in [1.54, 1.807) is 23.7 Å². The fourth-order valence-electron chi connectivity index (χ4n) is 1.11. The standard InChI is InChI=1S/C9H7IN2OS/c10-8-1-6(4-14-8)9(13)7-2-11-5-12-3-7/h1-5,9,13H. The second-order valence-corrected chi connectivity index (χ2v) is 5.56. The van der Waals surface area contributed by atoms with E-state index in [-0.39, 0.29) is 0 Å². The summed E-state index contributed by atoms with van der Waals surface area (Å²) >= 11 is 3.84. The Kier molecular flexibility index (Phi) is 3.09. The number of rotatable bonds is 2. The molecule has 0 aromatic carbocycles. The number of nitrogens with zero attached hydrogens (tertiary/aromatic N) is 2. The molecule has 0 amide bonds. The fourth-order valence-corrected chi connectivity index (χ4v) is 2.50. The lowest BCUT2D eigenvalue weighted by molar-refractivity contribution is 0.220. The van der Waals surface area contributed by atoms with E-state index in [0.717, 1.165) is 14.0 Å². The summed E-state index contributed by atoms with van der Waals surface area (Å²) in [6.45, 7) is 0. The second kappa shape index (κ2) is 4.33. The number of halogens is 1. The smallest absolute Gasteiger partial charge is 0.115 e. The van der Waals surface area contributed by atoms with E-state index in [1.165, 1.54) is 6.33 Å². The minimum Gasteiger partial charge on any atom is -0.384 e. The Morgan fingerprint density at radius 2 is 2.00 bits per heavy atom. The average molecular weight is 318 g/mol. The van der Waals surface area contributed by atoms with Crippen LogP contribution in [0.15, 0.2) is 30.2 Å². The van der Waals surface area contributed by atoms with Crippen molar-refractivity contribution in [2.75, 3.05) is 0 Å². The van der Waals surface area contributed by atoms with Gasteiger partial charge in [0.15, 0.2) is 0 Å². The van der Waals surface area contributed by atoms with Gasteiger partial charge >= 0.3 is 0 Å². The summed E-state index contributed by atoms with van der Waals surface area (Å²) in [4.78, 5) is 7.74. The Labute approximate surface area is 99.0 Å². The SMILES string of the molecule is OC(c1cncnc1)c1csc(I)c1. The van der Waals surface area contributed by atoms with Gasteiger partial charge in [0.25, 0.3) is 0 Å². The summed E-state index contributed by atoms with van der Waals surface area (Å²) in [6.07, 6.45) is 4.09. The van der Waals surface area contributed by atoms with Crippen molar-refractivity contribution in [2.24, 2.45) is 0 Å². The molecule has 0 bridgehead atoms. The summed E-state index contributed by atoms with van der Waals surface area (Å²) in [6, 6.07) is 1.96. The van der Waals surface area contributed by atoms with Crippen LogP contribution in [-0.4, -0.2) is 15.1 Å². The van der Waals surface area contributed by atoms with Gasteiger partial charge in [0.2, 0.25) is 0 Å². The van der Waals surface area contributed by atoms with Crippen molar-refractivity contribution in [1.82, 2.24) is 9.97 Å². The van der Waals surface area contributed by atoms with Crippen LogP contribution in [0.25, 0.3) is 0 Å².